The molecule has 118 valence electrons. The summed E-state index contributed by atoms with van der Waals surface area (Å²) >= 11 is 0. The van der Waals surface area contributed by atoms with Crippen LogP contribution in [0.5, 0.6) is 0 Å². The number of carbonyl (C=O) groups is 1. The Morgan fingerprint density at radius 3 is 2.59 bits per heavy atom. The second-order valence-corrected chi connectivity index (χ2v) is 6.25. The summed E-state index contributed by atoms with van der Waals surface area (Å²) in [5.74, 6) is 0.591. The summed E-state index contributed by atoms with van der Waals surface area (Å²) in [6.45, 7) is 3.23. The van der Waals surface area contributed by atoms with Gasteiger partial charge in [0.25, 0.3) is 0 Å². The van der Waals surface area contributed by atoms with E-state index in [2.05, 4.69) is 17.5 Å². The van der Waals surface area contributed by atoms with Crippen molar-refractivity contribution in [2.45, 2.75) is 25.8 Å². The highest BCUT2D eigenvalue weighted by atomic mass is 19.1. The van der Waals surface area contributed by atoms with Crippen molar-refractivity contribution in [2.75, 3.05) is 19.6 Å². The van der Waals surface area contributed by atoms with Gasteiger partial charge in [0.2, 0.25) is 5.91 Å². The van der Waals surface area contributed by atoms with Gasteiger partial charge in [0, 0.05) is 19.0 Å². The fourth-order valence-corrected chi connectivity index (χ4v) is 3.46. The minimum absolute atomic E-state index is 0.0984. The summed E-state index contributed by atoms with van der Waals surface area (Å²) < 4.78 is 13.0. The molecule has 4 heteroatoms. The van der Waals surface area contributed by atoms with Crippen LogP contribution < -0.4 is 5.32 Å². The highest BCUT2D eigenvalue weighted by Gasteiger charge is 2.32. The smallest absolute Gasteiger partial charge is 0.226 e. The van der Waals surface area contributed by atoms with Crippen LogP contribution in [-0.4, -0.2) is 30.4 Å². The number of benzene rings is 1. The third-order valence-electron chi connectivity index (χ3n) is 4.75. The fourth-order valence-electron chi connectivity index (χ4n) is 3.46. The van der Waals surface area contributed by atoms with Gasteiger partial charge in [-0.05, 0) is 56.0 Å². The molecule has 1 N–H and O–H groups in total. The largest absolute Gasteiger partial charge is 0.334 e. The Morgan fingerprint density at radius 2 is 1.86 bits per heavy atom. The molecule has 0 aliphatic carbocycles. The predicted octanol–water partition coefficient (Wildman–Crippen LogP) is 2.73. The highest BCUT2D eigenvalue weighted by molar-refractivity contribution is 5.80. The maximum absolute atomic E-state index is 13.0. The van der Waals surface area contributed by atoms with Gasteiger partial charge in [0.05, 0.1) is 0 Å². The van der Waals surface area contributed by atoms with Crippen LogP contribution in [0.25, 0.3) is 0 Å². The molecular formula is C18H23FN2O. The van der Waals surface area contributed by atoms with Crippen LogP contribution in [0.2, 0.25) is 0 Å². The molecule has 22 heavy (non-hydrogen) atoms. The normalized spacial score (nSPS) is 23.6. The number of piperidine rings is 1. The number of amides is 1. The number of allylic oxidation sites excluding steroid dienone is 1. The molecular weight excluding hydrogens is 279 g/mol. The first-order chi connectivity index (χ1) is 10.7. The predicted molar refractivity (Wildman–Crippen MR) is 84.7 cm³/mol. The quantitative estimate of drug-likeness (QED) is 0.871. The number of hydrogen-bond acceptors (Lipinski definition) is 2. The monoisotopic (exact) mass is 302 g/mol. The first-order valence-electron chi connectivity index (χ1n) is 8.13. The molecule has 1 atom stereocenters. The molecule has 2 aliphatic rings. The third-order valence-corrected chi connectivity index (χ3v) is 4.75. The molecule has 0 aromatic heterocycles. The molecule has 0 unspecified atom stereocenters. The minimum atomic E-state index is -0.238. The first kappa shape index (κ1) is 15.2. The van der Waals surface area contributed by atoms with Crippen LogP contribution in [0.15, 0.2) is 36.4 Å². The number of halogens is 1. The molecule has 1 fully saturated rings. The lowest BCUT2D eigenvalue weighted by Crippen LogP contribution is -2.41. The average Bonchev–Trinajstić information content (AvgIpc) is 2.73. The Labute approximate surface area is 131 Å². The molecule has 1 aromatic carbocycles. The molecule has 0 bridgehead atoms. The zero-order valence-electron chi connectivity index (χ0n) is 12.8. The van der Waals surface area contributed by atoms with Crippen LogP contribution >= 0.6 is 0 Å². The fraction of sp³-hybridized carbons (Fsp3) is 0.500. The highest BCUT2D eigenvalue weighted by Crippen LogP contribution is 2.29. The molecule has 0 spiro atoms. The van der Waals surface area contributed by atoms with E-state index in [0.29, 0.717) is 19.0 Å². The van der Waals surface area contributed by atoms with Gasteiger partial charge < -0.3 is 10.2 Å². The van der Waals surface area contributed by atoms with Crippen LogP contribution in [-0.2, 0) is 11.3 Å². The van der Waals surface area contributed by atoms with E-state index in [4.69, 9.17) is 0 Å². The Balaban J connectivity index is 1.71. The molecule has 1 aromatic rings. The van der Waals surface area contributed by atoms with E-state index in [1.165, 1.54) is 12.1 Å². The molecule has 3 nitrogen and oxygen atoms in total. The molecule has 0 saturated carbocycles. The van der Waals surface area contributed by atoms with Gasteiger partial charge in [-0.3, -0.25) is 4.79 Å². The Kier molecular flexibility index (Phi) is 4.88. The SMILES string of the molecule is O=C1[C@H](C2CCNCC2)CC=CCN1Cc1ccc(F)cc1. The molecule has 0 radical (unpaired) electrons. The van der Waals surface area contributed by atoms with Gasteiger partial charge in [-0.1, -0.05) is 24.3 Å². The van der Waals surface area contributed by atoms with Crippen molar-refractivity contribution in [1.29, 1.82) is 0 Å². The standard InChI is InChI=1S/C18H23FN2O/c19-16-6-4-14(5-7-16)13-21-12-2-1-3-17(18(21)22)15-8-10-20-11-9-15/h1-2,4-7,15,17,20H,3,8-13H2/t17-/m0/s1. The van der Waals surface area contributed by atoms with Crippen molar-refractivity contribution in [3.63, 3.8) is 0 Å². The van der Waals surface area contributed by atoms with Crippen molar-refractivity contribution in [3.05, 3.63) is 47.8 Å². The van der Waals surface area contributed by atoms with Crippen molar-refractivity contribution in [2.24, 2.45) is 11.8 Å². The van der Waals surface area contributed by atoms with Crippen molar-refractivity contribution in [3.8, 4) is 0 Å². The van der Waals surface area contributed by atoms with E-state index in [9.17, 15) is 9.18 Å². The van der Waals surface area contributed by atoms with E-state index in [1.54, 1.807) is 12.1 Å². The average molecular weight is 302 g/mol. The second kappa shape index (κ2) is 7.05. The summed E-state index contributed by atoms with van der Waals surface area (Å²) in [5, 5.41) is 3.36. The molecule has 2 heterocycles. The van der Waals surface area contributed by atoms with Gasteiger partial charge in [-0.2, -0.15) is 0 Å². The van der Waals surface area contributed by atoms with E-state index >= 15 is 0 Å². The van der Waals surface area contributed by atoms with Crippen molar-refractivity contribution in [1.82, 2.24) is 10.2 Å². The van der Waals surface area contributed by atoms with E-state index in [0.717, 1.165) is 37.9 Å². The maximum Gasteiger partial charge on any atom is 0.226 e. The lowest BCUT2D eigenvalue weighted by molar-refractivity contribution is -0.137. The zero-order chi connectivity index (χ0) is 15.4. The van der Waals surface area contributed by atoms with Gasteiger partial charge in [0.15, 0.2) is 0 Å². The maximum atomic E-state index is 13.0. The summed E-state index contributed by atoms with van der Waals surface area (Å²) in [6, 6.07) is 6.43. The lowest BCUT2D eigenvalue weighted by Gasteiger charge is -2.32. The Morgan fingerprint density at radius 1 is 1.14 bits per heavy atom. The van der Waals surface area contributed by atoms with Gasteiger partial charge in [-0.15, -0.1) is 0 Å². The number of nitrogens with one attached hydrogen (secondary N) is 1. The van der Waals surface area contributed by atoms with Crippen molar-refractivity contribution >= 4 is 5.91 Å². The molecule has 3 rings (SSSR count). The lowest BCUT2D eigenvalue weighted by atomic mass is 9.82. The number of carbonyl (C=O) groups excluding carboxylic acids is 1. The zero-order valence-corrected chi connectivity index (χ0v) is 12.8. The van der Waals surface area contributed by atoms with Crippen LogP contribution in [0, 0.1) is 17.7 Å². The number of rotatable bonds is 3. The van der Waals surface area contributed by atoms with Gasteiger partial charge >= 0.3 is 0 Å². The minimum Gasteiger partial charge on any atom is -0.334 e. The van der Waals surface area contributed by atoms with Crippen LogP contribution in [0.4, 0.5) is 4.39 Å². The molecule has 1 amide bonds. The van der Waals surface area contributed by atoms with Gasteiger partial charge in [0.1, 0.15) is 5.82 Å². The molecule has 2 aliphatic heterocycles. The Hall–Kier alpha value is -1.68. The van der Waals surface area contributed by atoms with E-state index in [-0.39, 0.29) is 17.6 Å². The third kappa shape index (κ3) is 3.55. The van der Waals surface area contributed by atoms with E-state index < -0.39 is 0 Å². The summed E-state index contributed by atoms with van der Waals surface area (Å²) in [7, 11) is 0. The summed E-state index contributed by atoms with van der Waals surface area (Å²) in [4.78, 5) is 14.8. The van der Waals surface area contributed by atoms with Gasteiger partial charge in [-0.25, -0.2) is 4.39 Å². The van der Waals surface area contributed by atoms with E-state index in [1.807, 2.05) is 4.90 Å². The van der Waals surface area contributed by atoms with Crippen LogP contribution in [0.3, 0.4) is 0 Å². The summed E-state index contributed by atoms with van der Waals surface area (Å²) in [5.41, 5.74) is 0.981. The van der Waals surface area contributed by atoms with Crippen LogP contribution in [0.1, 0.15) is 24.8 Å². The second-order valence-electron chi connectivity index (χ2n) is 6.25. The first-order valence-corrected chi connectivity index (χ1v) is 8.13. The number of nitrogens with zero attached hydrogens (tertiary/aromatic N) is 1. The summed E-state index contributed by atoms with van der Waals surface area (Å²) in [6.07, 6.45) is 7.24. The topological polar surface area (TPSA) is 32.3 Å². The number of hydrogen-bond donors (Lipinski definition) is 1. The Bertz CT molecular complexity index is 535. The molecule has 1 saturated heterocycles. The van der Waals surface area contributed by atoms with Crippen molar-refractivity contribution < 1.29 is 9.18 Å².